The predicted octanol–water partition coefficient (Wildman–Crippen LogP) is 2.06. The van der Waals surface area contributed by atoms with Gasteiger partial charge in [0.05, 0.1) is 13.7 Å². The molecule has 0 spiro atoms. The van der Waals surface area contributed by atoms with Crippen LogP contribution in [0.1, 0.15) is 17.0 Å². The van der Waals surface area contributed by atoms with Crippen LogP contribution in [0.2, 0.25) is 0 Å². The first-order valence-electron chi connectivity index (χ1n) is 6.12. The van der Waals surface area contributed by atoms with Gasteiger partial charge in [0.2, 0.25) is 0 Å². The van der Waals surface area contributed by atoms with E-state index in [0.29, 0.717) is 0 Å². The van der Waals surface area contributed by atoms with Crippen molar-refractivity contribution >= 4 is 0 Å². The zero-order chi connectivity index (χ0) is 12.8. The lowest BCUT2D eigenvalue weighted by Gasteiger charge is -2.09. The second kappa shape index (κ2) is 6.21. The highest BCUT2D eigenvalue weighted by Crippen LogP contribution is 2.19. The van der Waals surface area contributed by atoms with E-state index in [1.807, 2.05) is 12.3 Å². The lowest BCUT2D eigenvalue weighted by atomic mass is 10.1. The van der Waals surface area contributed by atoms with Gasteiger partial charge >= 0.3 is 0 Å². The number of aromatic nitrogens is 2. The monoisotopic (exact) mass is 245 g/mol. The molecule has 2 rings (SSSR count). The third-order valence-corrected chi connectivity index (χ3v) is 2.85. The SMILES string of the molecule is COc1ccc(C)cc1CCNCc1ncc[nH]1. The zero-order valence-corrected chi connectivity index (χ0v) is 10.9. The summed E-state index contributed by atoms with van der Waals surface area (Å²) in [5, 5.41) is 3.36. The van der Waals surface area contributed by atoms with E-state index in [9.17, 15) is 0 Å². The lowest BCUT2D eigenvalue weighted by Crippen LogP contribution is -2.17. The summed E-state index contributed by atoms with van der Waals surface area (Å²) >= 11 is 0. The molecule has 0 unspecified atom stereocenters. The van der Waals surface area contributed by atoms with Crippen LogP contribution >= 0.6 is 0 Å². The molecule has 0 aliphatic heterocycles. The van der Waals surface area contributed by atoms with Crippen LogP contribution in [0.5, 0.6) is 5.75 Å². The third-order valence-electron chi connectivity index (χ3n) is 2.85. The molecule has 1 aromatic heterocycles. The topological polar surface area (TPSA) is 49.9 Å². The summed E-state index contributed by atoms with van der Waals surface area (Å²) in [5.74, 6) is 1.92. The van der Waals surface area contributed by atoms with Gasteiger partial charge in [-0.2, -0.15) is 0 Å². The van der Waals surface area contributed by atoms with Gasteiger partial charge in [0.1, 0.15) is 11.6 Å². The Hall–Kier alpha value is -1.81. The van der Waals surface area contributed by atoms with Gasteiger partial charge in [-0.1, -0.05) is 17.7 Å². The molecule has 2 N–H and O–H groups in total. The summed E-state index contributed by atoms with van der Waals surface area (Å²) in [6.07, 6.45) is 4.55. The molecule has 0 saturated carbocycles. The summed E-state index contributed by atoms with van der Waals surface area (Å²) < 4.78 is 5.36. The Kier molecular flexibility index (Phi) is 4.36. The van der Waals surface area contributed by atoms with Gasteiger partial charge in [0.25, 0.3) is 0 Å². The Bertz CT molecular complexity index is 480. The Labute approximate surface area is 107 Å². The van der Waals surface area contributed by atoms with Crippen LogP contribution in [-0.4, -0.2) is 23.6 Å². The summed E-state index contributed by atoms with van der Waals surface area (Å²) in [5.41, 5.74) is 2.50. The number of benzene rings is 1. The third kappa shape index (κ3) is 3.34. The molecule has 0 aliphatic carbocycles. The van der Waals surface area contributed by atoms with E-state index < -0.39 is 0 Å². The largest absolute Gasteiger partial charge is 0.496 e. The fourth-order valence-corrected chi connectivity index (χ4v) is 1.93. The van der Waals surface area contributed by atoms with Gasteiger partial charge in [-0.05, 0) is 31.5 Å². The van der Waals surface area contributed by atoms with Crippen molar-refractivity contribution in [1.82, 2.24) is 15.3 Å². The van der Waals surface area contributed by atoms with Gasteiger partial charge in [-0.3, -0.25) is 0 Å². The minimum atomic E-state index is 0.765. The van der Waals surface area contributed by atoms with Crippen molar-refractivity contribution in [2.24, 2.45) is 0 Å². The number of hydrogen-bond acceptors (Lipinski definition) is 3. The van der Waals surface area contributed by atoms with Crippen LogP contribution in [0, 0.1) is 6.92 Å². The molecule has 0 fully saturated rings. The predicted molar refractivity (Wildman–Crippen MR) is 71.7 cm³/mol. The first-order chi connectivity index (χ1) is 8.79. The Morgan fingerprint density at radius 3 is 3.00 bits per heavy atom. The number of hydrogen-bond donors (Lipinski definition) is 2. The summed E-state index contributed by atoms with van der Waals surface area (Å²) in [4.78, 5) is 7.24. The number of imidazole rings is 1. The molecule has 4 heteroatoms. The fraction of sp³-hybridized carbons (Fsp3) is 0.357. The molecule has 96 valence electrons. The number of nitrogens with one attached hydrogen (secondary N) is 2. The minimum Gasteiger partial charge on any atom is -0.496 e. The maximum Gasteiger partial charge on any atom is 0.122 e. The second-order valence-corrected chi connectivity index (χ2v) is 4.28. The van der Waals surface area contributed by atoms with Crippen LogP contribution in [0.25, 0.3) is 0 Å². The van der Waals surface area contributed by atoms with E-state index in [2.05, 4.69) is 34.3 Å². The molecule has 1 heterocycles. The van der Waals surface area contributed by atoms with Crippen molar-refractivity contribution in [3.8, 4) is 5.75 Å². The number of methoxy groups -OCH3 is 1. The lowest BCUT2D eigenvalue weighted by molar-refractivity contribution is 0.409. The molecule has 0 bridgehead atoms. The molecule has 0 aliphatic rings. The zero-order valence-electron chi connectivity index (χ0n) is 10.9. The quantitative estimate of drug-likeness (QED) is 0.766. The fourth-order valence-electron chi connectivity index (χ4n) is 1.93. The van der Waals surface area contributed by atoms with Crippen molar-refractivity contribution in [1.29, 1.82) is 0 Å². The van der Waals surface area contributed by atoms with Gasteiger partial charge in [0.15, 0.2) is 0 Å². The summed E-state index contributed by atoms with van der Waals surface area (Å²) in [7, 11) is 1.71. The Balaban J connectivity index is 1.84. The molecule has 2 aromatic rings. The molecule has 4 nitrogen and oxygen atoms in total. The van der Waals surface area contributed by atoms with Crippen LogP contribution in [0.3, 0.4) is 0 Å². The van der Waals surface area contributed by atoms with Crippen LogP contribution in [0.15, 0.2) is 30.6 Å². The number of ether oxygens (including phenoxy) is 1. The van der Waals surface area contributed by atoms with Gasteiger partial charge in [-0.15, -0.1) is 0 Å². The molecule has 0 amide bonds. The van der Waals surface area contributed by atoms with Crippen LogP contribution < -0.4 is 10.1 Å². The number of aromatic amines is 1. The van der Waals surface area contributed by atoms with Crippen molar-refractivity contribution in [2.75, 3.05) is 13.7 Å². The normalized spacial score (nSPS) is 10.6. The highest BCUT2D eigenvalue weighted by atomic mass is 16.5. The van der Waals surface area contributed by atoms with E-state index in [0.717, 1.165) is 31.1 Å². The molecule has 0 radical (unpaired) electrons. The Morgan fingerprint density at radius 1 is 1.39 bits per heavy atom. The van der Waals surface area contributed by atoms with E-state index in [4.69, 9.17) is 4.74 Å². The average Bonchev–Trinajstić information content (AvgIpc) is 2.88. The van der Waals surface area contributed by atoms with Crippen molar-refractivity contribution in [3.63, 3.8) is 0 Å². The van der Waals surface area contributed by atoms with Gasteiger partial charge in [0, 0.05) is 12.4 Å². The second-order valence-electron chi connectivity index (χ2n) is 4.28. The van der Waals surface area contributed by atoms with Crippen molar-refractivity contribution in [3.05, 3.63) is 47.5 Å². The number of aryl methyl sites for hydroxylation is 1. The van der Waals surface area contributed by atoms with E-state index >= 15 is 0 Å². The number of nitrogens with zero attached hydrogens (tertiary/aromatic N) is 1. The summed E-state index contributed by atoms with van der Waals surface area (Å²) in [6.45, 7) is 3.76. The first-order valence-corrected chi connectivity index (χ1v) is 6.12. The average molecular weight is 245 g/mol. The summed E-state index contributed by atoms with van der Waals surface area (Å²) in [6, 6.07) is 6.27. The number of rotatable bonds is 6. The molecule has 18 heavy (non-hydrogen) atoms. The highest BCUT2D eigenvalue weighted by molar-refractivity contribution is 5.37. The molecular weight excluding hydrogens is 226 g/mol. The standard InChI is InChI=1S/C14H19N3O/c1-11-3-4-13(18-2)12(9-11)5-6-15-10-14-16-7-8-17-14/h3-4,7-9,15H,5-6,10H2,1-2H3,(H,16,17). The minimum absolute atomic E-state index is 0.765. The highest BCUT2D eigenvalue weighted by Gasteiger charge is 2.03. The maximum absolute atomic E-state index is 5.36. The molecule has 1 aromatic carbocycles. The molecule has 0 atom stereocenters. The van der Waals surface area contributed by atoms with E-state index in [1.165, 1.54) is 11.1 Å². The van der Waals surface area contributed by atoms with Gasteiger partial charge < -0.3 is 15.0 Å². The van der Waals surface area contributed by atoms with Crippen LogP contribution in [-0.2, 0) is 13.0 Å². The molecule has 0 saturated heterocycles. The van der Waals surface area contributed by atoms with E-state index in [-0.39, 0.29) is 0 Å². The number of H-pyrrole nitrogens is 1. The van der Waals surface area contributed by atoms with Crippen molar-refractivity contribution in [2.45, 2.75) is 19.9 Å². The Morgan fingerprint density at radius 2 is 2.28 bits per heavy atom. The first kappa shape index (κ1) is 12.6. The maximum atomic E-state index is 5.36. The van der Waals surface area contributed by atoms with E-state index in [1.54, 1.807) is 13.3 Å². The van der Waals surface area contributed by atoms with Crippen LogP contribution in [0.4, 0.5) is 0 Å². The van der Waals surface area contributed by atoms with Crippen molar-refractivity contribution < 1.29 is 4.74 Å². The molecular formula is C14H19N3O. The van der Waals surface area contributed by atoms with Gasteiger partial charge in [-0.25, -0.2) is 4.98 Å². The smallest absolute Gasteiger partial charge is 0.122 e.